The highest BCUT2D eigenvalue weighted by Gasteiger charge is 2.14. The van der Waals surface area contributed by atoms with Crippen LogP contribution in [0.15, 0.2) is 51.9 Å². The Kier molecular flexibility index (Phi) is 5.47. The molecule has 152 valence electrons. The molecule has 0 fully saturated rings. The molecule has 0 atom stereocenters. The summed E-state index contributed by atoms with van der Waals surface area (Å²) >= 11 is 2.80. The normalized spacial score (nSPS) is 11.3. The van der Waals surface area contributed by atoms with Gasteiger partial charge in [-0.2, -0.15) is 9.78 Å². The molecular formula is C21H17N3O4S2. The molecule has 0 aliphatic carbocycles. The largest absolute Gasteiger partial charge is 0.493 e. The number of aromatic nitrogens is 2. The van der Waals surface area contributed by atoms with Crippen LogP contribution in [0.25, 0.3) is 10.2 Å². The quantitative estimate of drug-likeness (QED) is 0.264. The van der Waals surface area contributed by atoms with Gasteiger partial charge in [-0.1, -0.05) is 6.07 Å². The van der Waals surface area contributed by atoms with E-state index in [9.17, 15) is 9.59 Å². The first-order valence-electron chi connectivity index (χ1n) is 8.93. The average molecular weight is 440 g/mol. The van der Waals surface area contributed by atoms with Crippen LogP contribution in [0.5, 0.6) is 11.5 Å². The molecule has 7 nitrogen and oxygen atoms in total. The van der Waals surface area contributed by atoms with Gasteiger partial charge in [0.25, 0.3) is 5.56 Å². The lowest BCUT2D eigenvalue weighted by Gasteiger charge is -2.09. The number of esters is 1. The monoisotopic (exact) mass is 439 g/mol. The van der Waals surface area contributed by atoms with Crippen LogP contribution in [0.2, 0.25) is 0 Å². The standard InChI is InChI=1S/C21H17N3O4S2/c1-12-13(2)30-19-18(12)20(25)24(11-22-19)23-10-14-6-7-15(16(9-14)27-3)28-21(26)17-5-4-8-29-17/h4-11H,1-3H3/b23-10+. The van der Waals surface area contributed by atoms with E-state index in [0.717, 1.165) is 10.4 Å². The Balaban J connectivity index is 1.61. The molecule has 0 saturated heterocycles. The summed E-state index contributed by atoms with van der Waals surface area (Å²) in [5, 5.41) is 6.64. The third kappa shape index (κ3) is 3.77. The molecule has 0 N–H and O–H groups in total. The smallest absolute Gasteiger partial charge is 0.353 e. The second-order valence-electron chi connectivity index (χ2n) is 6.38. The number of methoxy groups -OCH3 is 1. The highest BCUT2D eigenvalue weighted by atomic mass is 32.1. The summed E-state index contributed by atoms with van der Waals surface area (Å²) in [4.78, 5) is 31.5. The lowest BCUT2D eigenvalue weighted by Crippen LogP contribution is -2.17. The summed E-state index contributed by atoms with van der Waals surface area (Å²) in [6.45, 7) is 3.88. The number of hydrogen-bond acceptors (Lipinski definition) is 8. The van der Waals surface area contributed by atoms with Crippen molar-refractivity contribution in [2.75, 3.05) is 7.11 Å². The fourth-order valence-electron chi connectivity index (χ4n) is 2.83. The van der Waals surface area contributed by atoms with Crippen LogP contribution in [0, 0.1) is 13.8 Å². The number of ether oxygens (including phenoxy) is 2. The van der Waals surface area contributed by atoms with Gasteiger partial charge in [-0.25, -0.2) is 9.78 Å². The number of thiophene rings is 2. The number of rotatable bonds is 5. The van der Waals surface area contributed by atoms with Gasteiger partial charge < -0.3 is 9.47 Å². The Hall–Kier alpha value is -3.30. The van der Waals surface area contributed by atoms with Crippen molar-refractivity contribution >= 4 is 45.1 Å². The van der Waals surface area contributed by atoms with Gasteiger partial charge in [0, 0.05) is 4.88 Å². The Labute approximate surface area is 179 Å². The van der Waals surface area contributed by atoms with Crippen molar-refractivity contribution in [1.29, 1.82) is 0 Å². The van der Waals surface area contributed by atoms with E-state index in [1.807, 2.05) is 13.8 Å². The number of carbonyl (C=O) groups is 1. The summed E-state index contributed by atoms with van der Waals surface area (Å²) < 4.78 is 12.0. The van der Waals surface area contributed by atoms with Crippen molar-refractivity contribution in [1.82, 2.24) is 9.66 Å². The predicted octanol–water partition coefficient (Wildman–Crippen LogP) is 4.25. The molecule has 4 rings (SSSR count). The molecular weight excluding hydrogens is 422 g/mol. The van der Waals surface area contributed by atoms with Gasteiger partial charge in [0.05, 0.1) is 18.7 Å². The third-order valence-corrected chi connectivity index (χ3v) is 6.48. The summed E-state index contributed by atoms with van der Waals surface area (Å²) in [5.41, 5.74) is 1.38. The SMILES string of the molecule is COc1cc(/C=N/n2cnc3sc(C)c(C)c3c2=O)ccc1OC(=O)c1cccs1. The maximum absolute atomic E-state index is 12.7. The Morgan fingerprint density at radius 3 is 2.80 bits per heavy atom. The van der Waals surface area contributed by atoms with Crippen LogP contribution < -0.4 is 15.0 Å². The zero-order valence-electron chi connectivity index (χ0n) is 16.4. The lowest BCUT2D eigenvalue weighted by atomic mass is 10.2. The second-order valence-corrected chi connectivity index (χ2v) is 8.53. The van der Waals surface area contributed by atoms with Crippen molar-refractivity contribution in [3.05, 3.63) is 73.3 Å². The van der Waals surface area contributed by atoms with Crippen LogP contribution in [-0.2, 0) is 0 Å². The van der Waals surface area contributed by atoms with E-state index in [-0.39, 0.29) is 5.56 Å². The van der Waals surface area contributed by atoms with Gasteiger partial charge in [0.2, 0.25) is 0 Å². The predicted molar refractivity (Wildman–Crippen MR) is 119 cm³/mol. The number of benzene rings is 1. The van der Waals surface area contributed by atoms with Crippen LogP contribution >= 0.6 is 22.7 Å². The molecule has 9 heteroatoms. The first-order valence-corrected chi connectivity index (χ1v) is 10.6. The second kappa shape index (κ2) is 8.21. The minimum atomic E-state index is -0.447. The zero-order valence-corrected chi connectivity index (χ0v) is 18.0. The molecule has 3 heterocycles. The van der Waals surface area contributed by atoms with E-state index in [4.69, 9.17) is 9.47 Å². The number of nitrogens with zero attached hydrogens (tertiary/aromatic N) is 3. The van der Waals surface area contributed by atoms with Gasteiger partial charge in [-0.05, 0) is 54.6 Å². The van der Waals surface area contributed by atoms with Crippen LogP contribution in [0.3, 0.4) is 0 Å². The van der Waals surface area contributed by atoms with E-state index < -0.39 is 5.97 Å². The number of aryl methyl sites for hydroxylation is 2. The molecule has 4 aromatic rings. The van der Waals surface area contributed by atoms with Gasteiger partial charge in [0.1, 0.15) is 16.0 Å². The summed E-state index contributed by atoms with van der Waals surface area (Å²) in [5.74, 6) is 0.240. The van der Waals surface area contributed by atoms with Crippen molar-refractivity contribution in [3.63, 3.8) is 0 Å². The molecule has 0 bridgehead atoms. The molecule has 1 aromatic carbocycles. The number of carbonyl (C=O) groups excluding carboxylic acids is 1. The van der Waals surface area contributed by atoms with Gasteiger partial charge in [0.15, 0.2) is 11.5 Å². The maximum Gasteiger partial charge on any atom is 0.353 e. The molecule has 0 radical (unpaired) electrons. The van der Waals surface area contributed by atoms with Crippen LogP contribution in [-0.4, -0.2) is 29.0 Å². The molecule has 30 heavy (non-hydrogen) atoms. The molecule has 0 aliphatic heterocycles. The minimum absolute atomic E-state index is 0.216. The van der Waals surface area contributed by atoms with E-state index in [1.165, 1.54) is 47.0 Å². The first-order chi connectivity index (χ1) is 14.5. The summed E-state index contributed by atoms with van der Waals surface area (Å²) in [7, 11) is 1.49. The summed E-state index contributed by atoms with van der Waals surface area (Å²) in [6, 6.07) is 8.50. The number of hydrogen-bond donors (Lipinski definition) is 0. The van der Waals surface area contributed by atoms with E-state index >= 15 is 0 Å². The zero-order chi connectivity index (χ0) is 21.3. The van der Waals surface area contributed by atoms with E-state index in [2.05, 4.69) is 10.1 Å². The molecule has 0 amide bonds. The molecule has 0 aliphatic rings. The van der Waals surface area contributed by atoms with Crippen molar-refractivity contribution in [2.24, 2.45) is 5.10 Å². The highest BCUT2D eigenvalue weighted by molar-refractivity contribution is 7.18. The van der Waals surface area contributed by atoms with Crippen molar-refractivity contribution < 1.29 is 14.3 Å². The van der Waals surface area contributed by atoms with E-state index in [0.29, 0.717) is 32.2 Å². The maximum atomic E-state index is 12.7. The number of fused-ring (bicyclic) bond motifs is 1. The lowest BCUT2D eigenvalue weighted by molar-refractivity contribution is 0.0735. The Bertz CT molecular complexity index is 1320. The molecule has 0 unspecified atom stereocenters. The highest BCUT2D eigenvalue weighted by Crippen LogP contribution is 2.29. The Morgan fingerprint density at radius 2 is 2.07 bits per heavy atom. The summed E-state index contributed by atoms with van der Waals surface area (Å²) in [6.07, 6.45) is 2.93. The first kappa shape index (κ1) is 20.0. The molecule has 0 spiro atoms. The molecule has 3 aromatic heterocycles. The van der Waals surface area contributed by atoms with E-state index in [1.54, 1.807) is 35.7 Å². The van der Waals surface area contributed by atoms with Crippen LogP contribution in [0.1, 0.15) is 25.7 Å². The fourth-order valence-corrected chi connectivity index (χ4v) is 4.42. The minimum Gasteiger partial charge on any atom is -0.493 e. The van der Waals surface area contributed by atoms with Crippen molar-refractivity contribution in [3.8, 4) is 11.5 Å². The topological polar surface area (TPSA) is 82.8 Å². The van der Waals surface area contributed by atoms with Crippen LogP contribution in [0.4, 0.5) is 0 Å². The third-order valence-electron chi connectivity index (χ3n) is 4.52. The van der Waals surface area contributed by atoms with Gasteiger partial charge in [-0.15, -0.1) is 22.7 Å². The van der Waals surface area contributed by atoms with Crippen molar-refractivity contribution in [2.45, 2.75) is 13.8 Å². The fraction of sp³-hybridized carbons (Fsp3) is 0.143. The van der Waals surface area contributed by atoms with Gasteiger partial charge in [-0.3, -0.25) is 4.79 Å². The van der Waals surface area contributed by atoms with Gasteiger partial charge >= 0.3 is 5.97 Å². The average Bonchev–Trinajstić information content (AvgIpc) is 3.37. The Morgan fingerprint density at radius 1 is 1.23 bits per heavy atom. The molecule has 0 saturated carbocycles.